The lowest BCUT2D eigenvalue weighted by Gasteiger charge is -2.35. The number of guanidine groups is 1. The molecule has 3 amide bonds. The number of aliphatic imine (C=N–C) groups is 1. The summed E-state index contributed by atoms with van der Waals surface area (Å²) in [6, 6.07) is 2.42. The Morgan fingerprint density at radius 2 is 2.25 bits per heavy atom. The number of esters is 1. The number of carbonyl (C=O) groups is 3. The lowest BCUT2D eigenvalue weighted by atomic mass is 10.1. The fourth-order valence-corrected chi connectivity index (χ4v) is 3.74. The van der Waals surface area contributed by atoms with Crippen LogP contribution in [0.1, 0.15) is 19.1 Å². The molecule has 1 saturated heterocycles. The first-order valence-electron chi connectivity index (χ1n) is 9.25. The van der Waals surface area contributed by atoms with Crippen LogP contribution in [-0.2, 0) is 20.9 Å². The molecule has 1 aromatic heterocycles. The molecule has 0 radical (unpaired) electrons. The summed E-state index contributed by atoms with van der Waals surface area (Å²) in [6.07, 6.45) is 2.46. The second kappa shape index (κ2) is 7.10. The number of imide groups is 1. The Labute approximate surface area is 161 Å². The van der Waals surface area contributed by atoms with Gasteiger partial charge in [0.15, 0.2) is 0 Å². The quantitative estimate of drug-likeness (QED) is 0.524. The number of urea groups is 1. The molecule has 10 nitrogen and oxygen atoms in total. The molecule has 28 heavy (non-hydrogen) atoms. The van der Waals surface area contributed by atoms with Crippen molar-refractivity contribution in [1.29, 1.82) is 0 Å². The van der Waals surface area contributed by atoms with Gasteiger partial charge in [-0.1, -0.05) is 4.99 Å². The molecule has 3 aliphatic rings. The Morgan fingerprint density at radius 3 is 2.96 bits per heavy atom. The van der Waals surface area contributed by atoms with Crippen molar-refractivity contribution in [2.75, 3.05) is 33.3 Å². The lowest BCUT2D eigenvalue weighted by molar-refractivity contribution is -0.556. The number of ether oxygens (including phenoxy) is 1. The highest BCUT2D eigenvalue weighted by Gasteiger charge is 2.56. The molecule has 1 unspecified atom stereocenters. The van der Waals surface area contributed by atoms with E-state index in [1.54, 1.807) is 20.2 Å². The molecule has 0 spiro atoms. The maximum Gasteiger partial charge on any atom is 0.392 e. The maximum absolute atomic E-state index is 13.1. The molecule has 0 aliphatic carbocycles. The third-order valence-electron chi connectivity index (χ3n) is 5.02. The molecule has 0 N–H and O–H groups in total. The Balaban J connectivity index is 1.65. The first-order valence-corrected chi connectivity index (χ1v) is 9.25. The summed E-state index contributed by atoms with van der Waals surface area (Å²) in [7, 11) is 1.56. The normalized spacial score (nSPS) is 21.7. The molecule has 10 heteroatoms. The van der Waals surface area contributed by atoms with Crippen LogP contribution >= 0.6 is 0 Å². The van der Waals surface area contributed by atoms with Gasteiger partial charge in [-0.3, -0.25) is 19.1 Å². The van der Waals surface area contributed by atoms with Crippen molar-refractivity contribution < 1.29 is 28.1 Å². The van der Waals surface area contributed by atoms with Crippen LogP contribution in [0.4, 0.5) is 4.79 Å². The standard InChI is InChI=1S/C18H22N5O5/c1-3-27-13(24)11-23-16(25)14-15(20(2)18(23)26)19-17-21(7-5-8-22(14)17)10-12-6-4-9-28-12/h4,6,9,14H,3,5,7-8,10-11H2,1-2H3/q+1. The number of hydrogen-bond donors (Lipinski definition) is 0. The zero-order valence-electron chi connectivity index (χ0n) is 15.8. The average Bonchev–Trinajstić information content (AvgIpc) is 3.32. The molecule has 1 aromatic rings. The van der Waals surface area contributed by atoms with Gasteiger partial charge >= 0.3 is 18.0 Å². The summed E-state index contributed by atoms with van der Waals surface area (Å²) in [5, 5.41) is 0. The first-order chi connectivity index (χ1) is 13.5. The van der Waals surface area contributed by atoms with Crippen molar-refractivity contribution in [2.24, 2.45) is 4.99 Å². The van der Waals surface area contributed by atoms with Crippen LogP contribution in [0.25, 0.3) is 0 Å². The topological polar surface area (TPSA) is 98.7 Å². The summed E-state index contributed by atoms with van der Waals surface area (Å²) in [6.45, 7) is 3.40. The maximum atomic E-state index is 13.1. The highest BCUT2D eigenvalue weighted by atomic mass is 16.5. The van der Waals surface area contributed by atoms with Gasteiger partial charge in [0.2, 0.25) is 11.9 Å². The van der Waals surface area contributed by atoms with E-state index in [0.717, 1.165) is 23.6 Å². The number of nitrogens with zero attached hydrogens (tertiary/aromatic N) is 5. The molecule has 3 aliphatic heterocycles. The van der Waals surface area contributed by atoms with Crippen molar-refractivity contribution in [3.8, 4) is 0 Å². The Bertz CT molecular complexity index is 875. The second-order valence-electron chi connectivity index (χ2n) is 6.79. The number of fused-ring (bicyclic) bond motifs is 3. The number of amides is 3. The van der Waals surface area contributed by atoms with E-state index in [1.807, 2.05) is 21.6 Å². The van der Waals surface area contributed by atoms with E-state index in [4.69, 9.17) is 9.15 Å². The van der Waals surface area contributed by atoms with Crippen molar-refractivity contribution in [3.63, 3.8) is 0 Å². The molecular weight excluding hydrogens is 366 g/mol. The van der Waals surface area contributed by atoms with Gasteiger partial charge in [0.05, 0.1) is 26.0 Å². The lowest BCUT2D eigenvalue weighted by Crippen LogP contribution is -2.65. The van der Waals surface area contributed by atoms with Crippen molar-refractivity contribution >= 4 is 29.7 Å². The average molecular weight is 388 g/mol. The third kappa shape index (κ3) is 2.94. The Hall–Kier alpha value is -3.17. The molecule has 4 heterocycles. The fourth-order valence-electron chi connectivity index (χ4n) is 3.74. The van der Waals surface area contributed by atoms with Gasteiger partial charge < -0.3 is 9.15 Å². The van der Waals surface area contributed by atoms with E-state index in [1.165, 1.54) is 4.90 Å². The van der Waals surface area contributed by atoms with Crippen molar-refractivity contribution in [1.82, 2.24) is 14.7 Å². The first kappa shape index (κ1) is 18.2. The van der Waals surface area contributed by atoms with Gasteiger partial charge in [-0.25, -0.2) is 14.6 Å². The molecule has 0 aromatic carbocycles. The van der Waals surface area contributed by atoms with Crippen LogP contribution in [0.2, 0.25) is 0 Å². The van der Waals surface area contributed by atoms with Crippen LogP contribution in [0.15, 0.2) is 27.8 Å². The van der Waals surface area contributed by atoms with Gasteiger partial charge in [-0.15, -0.1) is 0 Å². The second-order valence-corrected chi connectivity index (χ2v) is 6.79. The van der Waals surface area contributed by atoms with Gasteiger partial charge in [0.25, 0.3) is 5.91 Å². The molecule has 148 valence electrons. The highest BCUT2D eigenvalue weighted by Crippen LogP contribution is 2.26. The summed E-state index contributed by atoms with van der Waals surface area (Å²) < 4.78 is 12.4. The van der Waals surface area contributed by atoms with Gasteiger partial charge in [0, 0.05) is 13.5 Å². The molecular formula is C18H22N5O5+. The monoisotopic (exact) mass is 388 g/mol. The number of rotatable bonds is 5. The Morgan fingerprint density at radius 1 is 1.43 bits per heavy atom. The summed E-state index contributed by atoms with van der Waals surface area (Å²) in [5.41, 5.74) is 0. The van der Waals surface area contributed by atoms with E-state index < -0.39 is 30.5 Å². The number of likely N-dealkylation sites (N-methyl/N-ethyl adjacent to an activating group) is 1. The van der Waals surface area contributed by atoms with E-state index in [9.17, 15) is 14.4 Å². The van der Waals surface area contributed by atoms with E-state index in [2.05, 4.69) is 4.99 Å². The van der Waals surface area contributed by atoms with Gasteiger partial charge in [0.1, 0.15) is 18.8 Å². The SMILES string of the molecule is CCOC(=O)CN1C(=O)C2C(=NC3=[N+](Cc4ccco4)CCCN32)N(C)C1=O. The fraction of sp³-hybridized carbons (Fsp3) is 0.500. The summed E-state index contributed by atoms with van der Waals surface area (Å²) in [5.74, 6) is 0.761. The van der Waals surface area contributed by atoms with Crippen LogP contribution in [-0.4, -0.2) is 88.3 Å². The van der Waals surface area contributed by atoms with Gasteiger partial charge in [-0.05, 0) is 19.1 Å². The van der Waals surface area contributed by atoms with Crippen LogP contribution in [0.5, 0.6) is 0 Å². The van der Waals surface area contributed by atoms with Crippen LogP contribution in [0, 0.1) is 0 Å². The van der Waals surface area contributed by atoms with E-state index in [0.29, 0.717) is 24.9 Å². The van der Waals surface area contributed by atoms with Crippen molar-refractivity contribution in [3.05, 3.63) is 24.2 Å². The van der Waals surface area contributed by atoms with Crippen LogP contribution in [0.3, 0.4) is 0 Å². The molecule has 0 bridgehead atoms. The van der Waals surface area contributed by atoms with Crippen molar-refractivity contribution in [2.45, 2.75) is 25.9 Å². The minimum absolute atomic E-state index is 0.187. The number of amidine groups is 1. The summed E-state index contributed by atoms with van der Waals surface area (Å²) >= 11 is 0. The largest absolute Gasteiger partial charge is 0.466 e. The highest BCUT2D eigenvalue weighted by molar-refractivity contribution is 6.26. The molecule has 4 rings (SSSR count). The van der Waals surface area contributed by atoms with E-state index >= 15 is 0 Å². The number of hydrogen-bond acceptors (Lipinski definition) is 7. The van der Waals surface area contributed by atoms with Gasteiger partial charge in [-0.2, -0.15) is 0 Å². The molecule has 1 fully saturated rings. The summed E-state index contributed by atoms with van der Waals surface area (Å²) in [4.78, 5) is 46.4. The molecule has 1 atom stereocenters. The molecule has 0 saturated carbocycles. The number of furan rings is 1. The smallest absolute Gasteiger partial charge is 0.392 e. The predicted molar refractivity (Wildman–Crippen MR) is 96.6 cm³/mol. The third-order valence-corrected chi connectivity index (χ3v) is 5.02. The van der Waals surface area contributed by atoms with E-state index in [-0.39, 0.29) is 6.61 Å². The predicted octanol–water partition coefficient (Wildman–Crippen LogP) is 0.0916. The minimum Gasteiger partial charge on any atom is -0.466 e. The Kier molecular flexibility index (Phi) is 4.62. The zero-order valence-corrected chi connectivity index (χ0v) is 15.8. The zero-order chi connectivity index (χ0) is 19.8. The minimum atomic E-state index is -0.716. The number of carbonyl (C=O) groups excluding carboxylic acids is 3. The van der Waals surface area contributed by atoms with Crippen LogP contribution < -0.4 is 0 Å².